The monoisotopic (exact) mass is 482 g/mol. The summed E-state index contributed by atoms with van der Waals surface area (Å²) in [4.78, 5) is 13.4. The van der Waals surface area contributed by atoms with Gasteiger partial charge in [-0.3, -0.25) is 0 Å². The minimum atomic E-state index is 1.08. The van der Waals surface area contributed by atoms with E-state index in [9.17, 15) is 0 Å². The Morgan fingerprint density at radius 3 is 2.03 bits per heavy atom. The first-order valence-electron chi connectivity index (χ1n) is 12.9. The van der Waals surface area contributed by atoms with E-state index in [0.717, 1.165) is 63.3 Å². The zero-order valence-electron chi connectivity index (χ0n) is 22.2. The number of nitrogens with zero attached hydrogens (tertiary/aromatic N) is 5. The van der Waals surface area contributed by atoms with Crippen LogP contribution in [0.5, 0.6) is 0 Å². The molecule has 186 valence electrons. The fourth-order valence-electron chi connectivity index (χ4n) is 4.43. The van der Waals surface area contributed by atoms with Crippen LogP contribution in [0, 0.1) is 0 Å². The number of rotatable bonds is 13. The van der Waals surface area contributed by atoms with Gasteiger partial charge in [0.15, 0.2) is 0 Å². The highest BCUT2D eigenvalue weighted by molar-refractivity contribution is 7.21. The molecule has 0 N–H and O–H groups in total. The molecule has 1 aliphatic heterocycles. The zero-order valence-corrected chi connectivity index (χ0v) is 23.0. The molecule has 34 heavy (non-hydrogen) atoms. The number of aromatic nitrogens is 1. The smallest absolute Gasteiger partial charge is 0.201 e. The summed E-state index contributed by atoms with van der Waals surface area (Å²) in [5.41, 5.74) is 3.50. The molecule has 1 heterocycles. The largest absolute Gasteiger partial charge is 0.371 e. The third-order valence-corrected chi connectivity index (χ3v) is 7.23. The quantitative estimate of drug-likeness (QED) is 0.260. The predicted octanol–water partition coefficient (Wildman–Crippen LogP) is 4.70. The molecule has 0 amide bonds. The van der Waals surface area contributed by atoms with E-state index < -0.39 is 0 Å². The summed E-state index contributed by atoms with van der Waals surface area (Å²) in [6, 6.07) is 13.6. The van der Waals surface area contributed by atoms with Crippen LogP contribution in [0.1, 0.15) is 39.5 Å². The standard InChI is InChI=1S/C28H44N5S/c1-7-15-32(16-8-2)23-11-13-25-27(21-23)34-28-22-24(12-14-26(28)29-25)33(19-9-17-30(3)4)20-10-18-31(5)6/h11-14,21-22H,7-10,15-20H2,1-6H3/q+1. The van der Waals surface area contributed by atoms with Gasteiger partial charge >= 0.3 is 0 Å². The Bertz CT molecular complexity index is 1050. The van der Waals surface area contributed by atoms with Crippen molar-refractivity contribution >= 4 is 27.2 Å². The van der Waals surface area contributed by atoms with E-state index in [4.69, 9.17) is 4.98 Å². The molecule has 0 unspecified atom stereocenters. The second-order valence-electron chi connectivity index (χ2n) is 9.81. The van der Waals surface area contributed by atoms with Crippen molar-refractivity contribution in [3.63, 3.8) is 0 Å². The molecule has 0 spiro atoms. The van der Waals surface area contributed by atoms with Gasteiger partial charge in [-0.25, -0.2) is 9.56 Å². The molecule has 0 bridgehead atoms. The van der Waals surface area contributed by atoms with E-state index >= 15 is 0 Å². The molecule has 3 rings (SSSR count). The van der Waals surface area contributed by atoms with Crippen LogP contribution in [0.2, 0.25) is 0 Å². The van der Waals surface area contributed by atoms with Gasteiger partial charge in [0.05, 0.1) is 20.8 Å². The van der Waals surface area contributed by atoms with Crippen molar-refractivity contribution in [3.8, 4) is 10.6 Å². The zero-order chi connectivity index (χ0) is 24.5. The van der Waals surface area contributed by atoms with Gasteiger partial charge < -0.3 is 14.7 Å². The second-order valence-corrected chi connectivity index (χ2v) is 10.9. The van der Waals surface area contributed by atoms with Gasteiger partial charge in [-0.2, -0.15) is 0 Å². The average Bonchev–Trinajstić information content (AvgIpc) is 2.80. The van der Waals surface area contributed by atoms with Crippen LogP contribution in [0.15, 0.2) is 36.4 Å². The van der Waals surface area contributed by atoms with Gasteiger partial charge in [0, 0.05) is 43.8 Å². The van der Waals surface area contributed by atoms with Crippen LogP contribution in [0.25, 0.3) is 20.8 Å². The Morgan fingerprint density at radius 2 is 1.44 bits per heavy atom. The van der Waals surface area contributed by atoms with Crippen molar-refractivity contribution in [2.45, 2.75) is 39.5 Å². The maximum atomic E-state index is 5.00. The Balaban J connectivity index is 1.96. The van der Waals surface area contributed by atoms with Crippen molar-refractivity contribution in [1.82, 2.24) is 19.4 Å². The van der Waals surface area contributed by atoms with E-state index in [2.05, 4.69) is 97.7 Å². The summed E-state index contributed by atoms with van der Waals surface area (Å²) in [7, 11) is 8.62. The van der Waals surface area contributed by atoms with Crippen LogP contribution in [0.4, 0.5) is 5.69 Å². The molecule has 2 aliphatic rings. The fourth-order valence-corrected chi connectivity index (χ4v) is 5.46. The lowest BCUT2D eigenvalue weighted by Gasteiger charge is -2.26. The molecule has 0 atom stereocenters. The average molecular weight is 483 g/mol. The molecule has 1 aromatic rings. The highest BCUT2D eigenvalue weighted by Crippen LogP contribution is 2.32. The van der Waals surface area contributed by atoms with Crippen LogP contribution in [-0.4, -0.2) is 82.2 Å². The third kappa shape index (κ3) is 7.49. The summed E-state index contributed by atoms with van der Waals surface area (Å²) in [6.07, 6.45) is 4.66. The third-order valence-electron chi connectivity index (χ3n) is 6.13. The van der Waals surface area contributed by atoms with Gasteiger partial charge in [0.2, 0.25) is 5.36 Å². The Kier molecular flexibility index (Phi) is 10.3. The highest BCUT2D eigenvalue weighted by atomic mass is 32.1. The van der Waals surface area contributed by atoms with E-state index in [0.29, 0.717) is 0 Å². The first-order chi connectivity index (χ1) is 16.4. The normalized spacial score (nSPS) is 11.8. The molecular formula is C28H44N5S+. The molecule has 0 saturated carbocycles. The Labute approximate surface area is 210 Å². The second kappa shape index (κ2) is 13.2. The van der Waals surface area contributed by atoms with E-state index in [1.807, 2.05) is 11.3 Å². The van der Waals surface area contributed by atoms with Gasteiger partial charge in [-0.15, -0.1) is 11.3 Å². The van der Waals surface area contributed by atoms with E-state index in [1.165, 1.54) is 33.5 Å². The molecule has 5 nitrogen and oxygen atoms in total. The summed E-state index contributed by atoms with van der Waals surface area (Å²) in [5, 5.41) is 1.32. The van der Waals surface area contributed by atoms with Gasteiger partial charge in [-0.05, 0) is 78.4 Å². The fraction of sp³-hybridized carbons (Fsp3) is 0.571. The van der Waals surface area contributed by atoms with Gasteiger partial charge in [0.1, 0.15) is 13.1 Å². The maximum absolute atomic E-state index is 5.00. The molecule has 1 aliphatic carbocycles. The van der Waals surface area contributed by atoms with Crippen LogP contribution >= 0.6 is 11.3 Å². The first-order valence-corrected chi connectivity index (χ1v) is 13.7. The number of hydrogen-bond acceptors (Lipinski definition) is 5. The summed E-state index contributed by atoms with van der Waals surface area (Å²) in [5.74, 6) is 0. The topological polar surface area (TPSA) is 25.6 Å². The van der Waals surface area contributed by atoms with Crippen molar-refractivity contribution < 1.29 is 0 Å². The summed E-state index contributed by atoms with van der Waals surface area (Å²) in [6.45, 7) is 11.1. The molecule has 0 saturated heterocycles. The number of benzene rings is 2. The SMILES string of the molecule is CCC[N+](CCC)=c1ccc2nc3ccc(N(CCCN(C)C)CCCN(C)C)cc3sc-2c1. The van der Waals surface area contributed by atoms with Crippen LogP contribution < -0.4 is 14.8 Å². The minimum Gasteiger partial charge on any atom is -0.371 e. The number of fused-ring (bicyclic) bond motifs is 2. The highest BCUT2D eigenvalue weighted by Gasteiger charge is 2.13. The lowest BCUT2D eigenvalue weighted by Crippen LogP contribution is -2.31. The number of hydrogen-bond donors (Lipinski definition) is 0. The molecule has 0 fully saturated rings. The van der Waals surface area contributed by atoms with E-state index in [-0.39, 0.29) is 0 Å². The van der Waals surface area contributed by atoms with Crippen molar-refractivity contribution in [1.29, 1.82) is 0 Å². The molecule has 0 aromatic heterocycles. The number of anilines is 1. The van der Waals surface area contributed by atoms with Crippen molar-refractivity contribution in [3.05, 3.63) is 41.8 Å². The maximum Gasteiger partial charge on any atom is 0.201 e. The lowest BCUT2D eigenvalue weighted by molar-refractivity contribution is 0.390. The van der Waals surface area contributed by atoms with Crippen molar-refractivity contribution in [2.24, 2.45) is 0 Å². The first kappa shape index (κ1) is 26.6. The predicted molar refractivity (Wildman–Crippen MR) is 150 cm³/mol. The minimum absolute atomic E-state index is 1.08. The van der Waals surface area contributed by atoms with Crippen molar-refractivity contribution in [2.75, 3.05) is 72.4 Å². The Hall–Kier alpha value is -2.02. The van der Waals surface area contributed by atoms with Gasteiger partial charge in [0.25, 0.3) is 0 Å². The molecule has 0 radical (unpaired) electrons. The Morgan fingerprint density at radius 1 is 0.794 bits per heavy atom. The summed E-state index contributed by atoms with van der Waals surface area (Å²) < 4.78 is 3.77. The summed E-state index contributed by atoms with van der Waals surface area (Å²) >= 11 is 1.88. The lowest BCUT2D eigenvalue weighted by atomic mass is 10.2. The molecular weight excluding hydrogens is 438 g/mol. The van der Waals surface area contributed by atoms with E-state index in [1.54, 1.807) is 0 Å². The molecule has 1 aromatic carbocycles. The van der Waals surface area contributed by atoms with Gasteiger partial charge in [-0.1, -0.05) is 13.8 Å². The van der Waals surface area contributed by atoms with Crippen LogP contribution in [0.3, 0.4) is 0 Å². The molecule has 6 heteroatoms. The van der Waals surface area contributed by atoms with Crippen LogP contribution in [-0.2, 0) is 0 Å².